The van der Waals surface area contributed by atoms with E-state index in [0.29, 0.717) is 30.2 Å². The number of rotatable bonds is 8. The van der Waals surface area contributed by atoms with Crippen LogP contribution in [0.15, 0.2) is 30.5 Å². The minimum Gasteiger partial charge on any atom is -0.493 e. The molecule has 0 spiro atoms. The van der Waals surface area contributed by atoms with Gasteiger partial charge >= 0.3 is 0 Å². The van der Waals surface area contributed by atoms with Gasteiger partial charge in [-0.2, -0.15) is 5.10 Å². The van der Waals surface area contributed by atoms with Crippen LogP contribution in [0.1, 0.15) is 35.4 Å². The summed E-state index contributed by atoms with van der Waals surface area (Å²) in [6.07, 6.45) is 2.48. The number of benzene rings is 1. The van der Waals surface area contributed by atoms with E-state index in [2.05, 4.69) is 10.4 Å². The number of nitrogens with two attached hydrogens (primary N) is 1. The zero-order valence-corrected chi connectivity index (χ0v) is 14.3. The van der Waals surface area contributed by atoms with E-state index >= 15 is 0 Å². The van der Waals surface area contributed by atoms with Gasteiger partial charge in [0.25, 0.3) is 5.91 Å². The average molecular weight is 332 g/mol. The van der Waals surface area contributed by atoms with Gasteiger partial charge in [0.15, 0.2) is 11.5 Å². The molecule has 130 valence electrons. The molecule has 0 saturated heterocycles. The Balaban J connectivity index is 2.18. The van der Waals surface area contributed by atoms with Gasteiger partial charge in [-0.3, -0.25) is 9.48 Å². The number of nitrogens with zero attached hydrogens (tertiary/aromatic N) is 2. The SMILES string of the molecule is CC[C@H](NC(=O)c1ccc(OC)c(OCCN)c1)c1ccnn1C. The minimum absolute atomic E-state index is 0.111. The smallest absolute Gasteiger partial charge is 0.251 e. The first-order chi connectivity index (χ1) is 11.6. The molecule has 1 heterocycles. The lowest BCUT2D eigenvalue weighted by atomic mass is 10.1. The molecule has 0 saturated carbocycles. The quantitative estimate of drug-likeness (QED) is 0.767. The van der Waals surface area contributed by atoms with Crippen molar-refractivity contribution in [3.05, 3.63) is 41.7 Å². The number of nitrogens with one attached hydrogen (secondary N) is 1. The van der Waals surface area contributed by atoms with Crippen LogP contribution in [0.4, 0.5) is 0 Å². The summed E-state index contributed by atoms with van der Waals surface area (Å²) < 4.78 is 12.6. The number of ether oxygens (including phenoxy) is 2. The van der Waals surface area contributed by atoms with Crippen molar-refractivity contribution in [2.45, 2.75) is 19.4 Å². The molecule has 2 rings (SSSR count). The van der Waals surface area contributed by atoms with Gasteiger partial charge in [0.2, 0.25) is 0 Å². The highest BCUT2D eigenvalue weighted by molar-refractivity contribution is 5.95. The van der Waals surface area contributed by atoms with Crippen LogP contribution < -0.4 is 20.5 Å². The summed E-state index contributed by atoms with van der Waals surface area (Å²) in [7, 11) is 3.41. The van der Waals surface area contributed by atoms with E-state index in [4.69, 9.17) is 15.2 Å². The molecule has 0 fully saturated rings. The molecular formula is C17H24N4O3. The highest BCUT2D eigenvalue weighted by atomic mass is 16.5. The summed E-state index contributed by atoms with van der Waals surface area (Å²) in [5.74, 6) is 0.895. The molecule has 7 nitrogen and oxygen atoms in total. The summed E-state index contributed by atoms with van der Waals surface area (Å²) in [5.41, 5.74) is 6.93. The van der Waals surface area contributed by atoms with Gasteiger partial charge in [-0.25, -0.2) is 0 Å². The second-order valence-corrected chi connectivity index (χ2v) is 5.32. The number of hydrogen-bond acceptors (Lipinski definition) is 5. The Labute approximate surface area is 141 Å². The summed E-state index contributed by atoms with van der Waals surface area (Å²) in [6, 6.07) is 6.88. The number of carbonyl (C=O) groups is 1. The van der Waals surface area contributed by atoms with Crippen molar-refractivity contribution in [2.24, 2.45) is 12.8 Å². The number of aryl methyl sites for hydroxylation is 1. The van der Waals surface area contributed by atoms with Gasteiger partial charge in [-0.1, -0.05) is 6.92 Å². The van der Waals surface area contributed by atoms with Crippen molar-refractivity contribution < 1.29 is 14.3 Å². The zero-order valence-electron chi connectivity index (χ0n) is 14.3. The molecule has 1 aromatic heterocycles. The molecule has 0 unspecified atom stereocenters. The Kier molecular flexibility index (Phi) is 6.20. The third-order valence-electron chi connectivity index (χ3n) is 3.73. The lowest BCUT2D eigenvalue weighted by molar-refractivity contribution is 0.0933. The normalized spacial score (nSPS) is 11.8. The summed E-state index contributed by atoms with van der Waals surface area (Å²) in [4.78, 5) is 12.6. The van der Waals surface area contributed by atoms with Gasteiger partial charge in [-0.05, 0) is 30.7 Å². The highest BCUT2D eigenvalue weighted by Gasteiger charge is 2.18. The Bertz CT molecular complexity index is 684. The maximum absolute atomic E-state index is 12.6. The van der Waals surface area contributed by atoms with E-state index in [1.807, 2.05) is 20.0 Å². The minimum atomic E-state index is -0.177. The third kappa shape index (κ3) is 4.05. The van der Waals surface area contributed by atoms with Crippen LogP contribution in [-0.2, 0) is 7.05 Å². The number of amides is 1. The molecule has 1 aromatic carbocycles. The van der Waals surface area contributed by atoms with E-state index < -0.39 is 0 Å². The Morgan fingerprint density at radius 2 is 2.17 bits per heavy atom. The van der Waals surface area contributed by atoms with E-state index in [1.165, 1.54) is 0 Å². The summed E-state index contributed by atoms with van der Waals surface area (Å²) in [6.45, 7) is 2.76. The first kappa shape index (κ1) is 17.8. The number of aromatic nitrogens is 2. The molecule has 0 aliphatic carbocycles. The second-order valence-electron chi connectivity index (χ2n) is 5.32. The van der Waals surface area contributed by atoms with Crippen LogP contribution in [-0.4, -0.2) is 35.9 Å². The van der Waals surface area contributed by atoms with E-state index in [1.54, 1.807) is 36.2 Å². The van der Waals surface area contributed by atoms with Crippen LogP contribution in [0.25, 0.3) is 0 Å². The maximum Gasteiger partial charge on any atom is 0.251 e. The van der Waals surface area contributed by atoms with Crippen LogP contribution in [0.5, 0.6) is 11.5 Å². The average Bonchev–Trinajstić information content (AvgIpc) is 3.03. The van der Waals surface area contributed by atoms with Crippen LogP contribution in [0, 0.1) is 0 Å². The number of carbonyl (C=O) groups excluding carboxylic acids is 1. The summed E-state index contributed by atoms with van der Waals surface area (Å²) >= 11 is 0. The third-order valence-corrected chi connectivity index (χ3v) is 3.73. The van der Waals surface area contributed by atoms with Crippen molar-refractivity contribution in [3.63, 3.8) is 0 Å². The van der Waals surface area contributed by atoms with Gasteiger partial charge in [0.1, 0.15) is 6.61 Å². The molecule has 0 radical (unpaired) electrons. The van der Waals surface area contributed by atoms with E-state index in [9.17, 15) is 4.79 Å². The molecule has 2 aromatic rings. The van der Waals surface area contributed by atoms with Crippen molar-refractivity contribution in [1.82, 2.24) is 15.1 Å². The highest BCUT2D eigenvalue weighted by Crippen LogP contribution is 2.28. The first-order valence-electron chi connectivity index (χ1n) is 7.90. The molecule has 3 N–H and O–H groups in total. The molecule has 1 atom stereocenters. The van der Waals surface area contributed by atoms with Crippen LogP contribution in [0.2, 0.25) is 0 Å². The molecular weight excluding hydrogens is 308 g/mol. The Morgan fingerprint density at radius 1 is 1.38 bits per heavy atom. The number of methoxy groups -OCH3 is 1. The fraction of sp³-hybridized carbons (Fsp3) is 0.412. The zero-order chi connectivity index (χ0) is 17.5. The monoisotopic (exact) mass is 332 g/mol. The lowest BCUT2D eigenvalue weighted by Crippen LogP contribution is -2.29. The van der Waals surface area contributed by atoms with Crippen molar-refractivity contribution >= 4 is 5.91 Å². The molecule has 1 amide bonds. The predicted molar refractivity (Wildman–Crippen MR) is 91.2 cm³/mol. The van der Waals surface area contributed by atoms with Gasteiger partial charge in [0.05, 0.1) is 18.8 Å². The van der Waals surface area contributed by atoms with Gasteiger partial charge in [0, 0.05) is 25.4 Å². The number of hydrogen-bond donors (Lipinski definition) is 2. The van der Waals surface area contributed by atoms with Gasteiger partial charge in [-0.15, -0.1) is 0 Å². The van der Waals surface area contributed by atoms with Crippen molar-refractivity contribution in [3.8, 4) is 11.5 Å². The van der Waals surface area contributed by atoms with Crippen LogP contribution >= 0.6 is 0 Å². The molecule has 0 aliphatic rings. The molecule has 24 heavy (non-hydrogen) atoms. The molecule has 0 bridgehead atoms. The van der Waals surface area contributed by atoms with E-state index in [0.717, 1.165) is 12.1 Å². The second kappa shape index (κ2) is 8.35. The Morgan fingerprint density at radius 3 is 2.75 bits per heavy atom. The predicted octanol–water partition coefficient (Wildman–Crippen LogP) is 1.65. The fourth-order valence-corrected chi connectivity index (χ4v) is 2.45. The molecule has 7 heteroatoms. The lowest BCUT2D eigenvalue weighted by Gasteiger charge is -2.18. The largest absolute Gasteiger partial charge is 0.493 e. The first-order valence-corrected chi connectivity index (χ1v) is 7.90. The van der Waals surface area contributed by atoms with Crippen molar-refractivity contribution in [1.29, 1.82) is 0 Å². The van der Waals surface area contributed by atoms with Crippen molar-refractivity contribution in [2.75, 3.05) is 20.3 Å². The molecule has 0 aliphatic heterocycles. The standard InChI is InChI=1S/C17H24N4O3/c1-4-13(14-7-9-19-21(14)2)20-17(22)12-5-6-15(23-3)16(11-12)24-10-8-18/h5-7,9,11,13H,4,8,10,18H2,1-3H3,(H,20,22)/t13-/m0/s1. The topological polar surface area (TPSA) is 91.4 Å². The Hall–Kier alpha value is -2.54. The van der Waals surface area contributed by atoms with Gasteiger partial charge < -0.3 is 20.5 Å². The maximum atomic E-state index is 12.6. The fourth-order valence-electron chi connectivity index (χ4n) is 2.45. The van der Waals surface area contributed by atoms with Crippen LogP contribution in [0.3, 0.4) is 0 Å². The van der Waals surface area contributed by atoms with E-state index in [-0.39, 0.29) is 11.9 Å². The summed E-state index contributed by atoms with van der Waals surface area (Å²) in [5, 5.41) is 7.18.